The van der Waals surface area contributed by atoms with E-state index in [2.05, 4.69) is 40.5 Å². The van der Waals surface area contributed by atoms with E-state index in [0.717, 1.165) is 18.5 Å². The quantitative estimate of drug-likeness (QED) is 0.781. The van der Waals surface area contributed by atoms with Gasteiger partial charge in [0.2, 0.25) is 0 Å². The summed E-state index contributed by atoms with van der Waals surface area (Å²) in [6.07, 6.45) is 1.38. The highest BCUT2D eigenvalue weighted by Gasteiger charge is 2.36. The molecule has 2 aliphatic rings. The lowest BCUT2D eigenvalue weighted by atomic mass is 10.1. The molecular formula is C13H18N2. The molecule has 0 aromatic heterocycles. The maximum Gasteiger partial charge on any atom is 0.0264 e. The van der Waals surface area contributed by atoms with E-state index in [-0.39, 0.29) is 0 Å². The Hall–Kier alpha value is -0.860. The summed E-state index contributed by atoms with van der Waals surface area (Å²) in [5, 5.41) is 3.50. The van der Waals surface area contributed by atoms with Crippen molar-refractivity contribution >= 4 is 0 Å². The summed E-state index contributed by atoms with van der Waals surface area (Å²) < 4.78 is 0. The molecule has 0 amide bonds. The van der Waals surface area contributed by atoms with E-state index >= 15 is 0 Å². The molecule has 0 aliphatic carbocycles. The van der Waals surface area contributed by atoms with Crippen molar-refractivity contribution in [3.63, 3.8) is 0 Å². The summed E-state index contributed by atoms with van der Waals surface area (Å²) in [6, 6.07) is 11.6. The normalized spacial score (nSPS) is 30.7. The summed E-state index contributed by atoms with van der Waals surface area (Å²) in [5.41, 5.74) is 1.45. The molecule has 1 aromatic carbocycles. The third kappa shape index (κ3) is 1.80. The first-order chi connectivity index (χ1) is 7.43. The van der Waals surface area contributed by atoms with Crippen LogP contribution in [0.15, 0.2) is 30.3 Å². The second-order valence-corrected chi connectivity index (χ2v) is 4.73. The van der Waals surface area contributed by atoms with E-state index in [9.17, 15) is 0 Å². The van der Waals surface area contributed by atoms with Crippen LogP contribution in [0.2, 0.25) is 0 Å². The largest absolute Gasteiger partial charge is 0.315 e. The standard InChI is InChI=1S/C13H18N2/c1-2-4-11(5-3-1)10-15-7-6-12-8-14-9-13(12)15/h1-5,12-14H,6-10H2/t12-,13-/m0/s1. The molecule has 0 bridgehead atoms. The smallest absolute Gasteiger partial charge is 0.0264 e. The molecule has 1 aromatic rings. The molecule has 15 heavy (non-hydrogen) atoms. The van der Waals surface area contributed by atoms with E-state index in [1.165, 1.54) is 31.6 Å². The molecule has 0 unspecified atom stereocenters. The number of nitrogens with zero attached hydrogens (tertiary/aromatic N) is 1. The molecular weight excluding hydrogens is 184 g/mol. The summed E-state index contributed by atoms with van der Waals surface area (Å²) in [5.74, 6) is 0.911. The SMILES string of the molecule is c1ccc(CN2CC[C@H]3CNC[C@@H]32)cc1. The Morgan fingerprint density at radius 1 is 1.20 bits per heavy atom. The second kappa shape index (κ2) is 3.95. The van der Waals surface area contributed by atoms with E-state index < -0.39 is 0 Å². The van der Waals surface area contributed by atoms with Gasteiger partial charge in [-0.3, -0.25) is 4.90 Å². The van der Waals surface area contributed by atoms with Crippen LogP contribution in [0.25, 0.3) is 0 Å². The van der Waals surface area contributed by atoms with E-state index in [1.807, 2.05) is 0 Å². The Balaban J connectivity index is 1.69. The van der Waals surface area contributed by atoms with Crippen LogP contribution >= 0.6 is 0 Å². The van der Waals surface area contributed by atoms with Crippen LogP contribution in [0.3, 0.4) is 0 Å². The highest BCUT2D eigenvalue weighted by Crippen LogP contribution is 2.28. The fraction of sp³-hybridized carbons (Fsp3) is 0.538. The molecule has 80 valence electrons. The topological polar surface area (TPSA) is 15.3 Å². The monoisotopic (exact) mass is 202 g/mol. The summed E-state index contributed by atoms with van der Waals surface area (Å²) in [6.45, 7) is 4.84. The van der Waals surface area contributed by atoms with Gasteiger partial charge in [-0.15, -0.1) is 0 Å². The van der Waals surface area contributed by atoms with E-state index in [4.69, 9.17) is 0 Å². The Kier molecular flexibility index (Phi) is 2.47. The minimum atomic E-state index is 0.796. The van der Waals surface area contributed by atoms with Crippen LogP contribution in [-0.2, 0) is 6.54 Å². The van der Waals surface area contributed by atoms with Crippen LogP contribution in [0.4, 0.5) is 0 Å². The van der Waals surface area contributed by atoms with Crippen molar-refractivity contribution in [1.29, 1.82) is 0 Å². The molecule has 2 saturated heterocycles. The molecule has 0 spiro atoms. The second-order valence-electron chi connectivity index (χ2n) is 4.73. The van der Waals surface area contributed by atoms with Crippen molar-refractivity contribution in [1.82, 2.24) is 10.2 Å². The summed E-state index contributed by atoms with van der Waals surface area (Å²) >= 11 is 0. The van der Waals surface area contributed by atoms with Crippen LogP contribution in [0.1, 0.15) is 12.0 Å². The highest BCUT2D eigenvalue weighted by molar-refractivity contribution is 5.15. The lowest BCUT2D eigenvalue weighted by Crippen LogP contribution is -2.33. The Morgan fingerprint density at radius 2 is 2.07 bits per heavy atom. The Morgan fingerprint density at radius 3 is 2.93 bits per heavy atom. The summed E-state index contributed by atoms with van der Waals surface area (Å²) in [4.78, 5) is 2.64. The van der Waals surface area contributed by atoms with Crippen molar-refractivity contribution in [2.75, 3.05) is 19.6 Å². The van der Waals surface area contributed by atoms with Crippen molar-refractivity contribution in [2.24, 2.45) is 5.92 Å². The number of fused-ring (bicyclic) bond motifs is 1. The first kappa shape index (κ1) is 9.37. The number of rotatable bonds is 2. The third-order valence-electron chi connectivity index (χ3n) is 3.79. The molecule has 0 saturated carbocycles. The predicted octanol–water partition coefficient (Wildman–Crippen LogP) is 1.48. The minimum Gasteiger partial charge on any atom is -0.315 e. The van der Waals surface area contributed by atoms with Gasteiger partial charge < -0.3 is 5.32 Å². The fourth-order valence-corrected chi connectivity index (χ4v) is 2.95. The maximum atomic E-state index is 3.50. The van der Waals surface area contributed by atoms with Gasteiger partial charge in [-0.25, -0.2) is 0 Å². The molecule has 3 rings (SSSR count). The Labute approximate surface area is 91.3 Å². The highest BCUT2D eigenvalue weighted by atomic mass is 15.2. The lowest BCUT2D eigenvalue weighted by molar-refractivity contribution is 0.244. The first-order valence-corrected chi connectivity index (χ1v) is 5.92. The average molecular weight is 202 g/mol. The zero-order chi connectivity index (χ0) is 10.1. The van der Waals surface area contributed by atoms with Gasteiger partial charge in [0, 0.05) is 19.1 Å². The van der Waals surface area contributed by atoms with Gasteiger partial charge in [0.15, 0.2) is 0 Å². The number of benzene rings is 1. The van der Waals surface area contributed by atoms with Gasteiger partial charge in [0.1, 0.15) is 0 Å². The van der Waals surface area contributed by atoms with Gasteiger partial charge in [-0.2, -0.15) is 0 Å². The van der Waals surface area contributed by atoms with Crippen LogP contribution in [0.5, 0.6) is 0 Å². The average Bonchev–Trinajstić information content (AvgIpc) is 2.85. The van der Waals surface area contributed by atoms with Crippen molar-refractivity contribution in [3.05, 3.63) is 35.9 Å². The first-order valence-electron chi connectivity index (χ1n) is 5.92. The van der Waals surface area contributed by atoms with Gasteiger partial charge in [-0.1, -0.05) is 30.3 Å². The predicted molar refractivity (Wildman–Crippen MR) is 61.6 cm³/mol. The molecule has 1 N–H and O–H groups in total. The zero-order valence-corrected chi connectivity index (χ0v) is 9.02. The molecule has 2 aliphatic heterocycles. The van der Waals surface area contributed by atoms with E-state index in [0.29, 0.717) is 0 Å². The van der Waals surface area contributed by atoms with E-state index in [1.54, 1.807) is 0 Å². The van der Waals surface area contributed by atoms with Crippen LogP contribution in [-0.4, -0.2) is 30.6 Å². The Bertz CT molecular complexity index is 323. The molecule has 2 heteroatoms. The summed E-state index contributed by atoms with van der Waals surface area (Å²) in [7, 11) is 0. The van der Waals surface area contributed by atoms with Gasteiger partial charge in [0.25, 0.3) is 0 Å². The number of hydrogen-bond acceptors (Lipinski definition) is 2. The van der Waals surface area contributed by atoms with Crippen molar-refractivity contribution < 1.29 is 0 Å². The lowest BCUT2D eigenvalue weighted by Gasteiger charge is -2.22. The molecule has 0 radical (unpaired) electrons. The van der Waals surface area contributed by atoms with Crippen molar-refractivity contribution in [2.45, 2.75) is 19.0 Å². The van der Waals surface area contributed by atoms with Gasteiger partial charge in [0.05, 0.1) is 0 Å². The number of hydrogen-bond donors (Lipinski definition) is 1. The zero-order valence-electron chi connectivity index (χ0n) is 9.02. The number of nitrogens with one attached hydrogen (secondary N) is 1. The molecule has 2 heterocycles. The maximum absolute atomic E-state index is 3.50. The van der Waals surface area contributed by atoms with Gasteiger partial charge in [-0.05, 0) is 31.0 Å². The molecule has 2 fully saturated rings. The number of likely N-dealkylation sites (tertiary alicyclic amines) is 1. The van der Waals surface area contributed by atoms with Gasteiger partial charge >= 0.3 is 0 Å². The van der Waals surface area contributed by atoms with Crippen LogP contribution in [0, 0.1) is 5.92 Å². The minimum absolute atomic E-state index is 0.796. The van der Waals surface area contributed by atoms with Crippen LogP contribution < -0.4 is 5.32 Å². The fourth-order valence-electron chi connectivity index (χ4n) is 2.95. The molecule has 2 nitrogen and oxygen atoms in total. The third-order valence-corrected chi connectivity index (χ3v) is 3.79. The molecule has 2 atom stereocenters. The van der Waals surface area contributed by atoms with Crippen molar-refractivity contribution in [3.8, 4) is 0 Å².